The molecule has 0 aliphatic carbocycles. The summed E-state index contributed by atoms with van der Waals surface area (Å²) < 4.78 is 7.10. The van der Waals surface area contributed by atoms with Crippen molar-refractivity contribution in [1.82, 2.24) is 5.32 Å². The van der Waals surface area contributed by atoms with Gasteiger partial charge in [0, 0.05) is 35.5 Å². The lowest BCUT2D eigenvalue weighted by Crippen LogP contribution is -2.26. The molecule has 0 aliphatic heterocycles. The summed E-state index contributed by atoms with van der Waals surface area (Å²) in [5.41, 5.74) is 1.33. The highest BCUT2D eigenvalue weighted by atomic mass is 79.9. The normalized spacial score (nSPS) is 12.5. The van der Waals surface area contributed by atoms with Gasteiger partial charge in [-0.05, 0) is 30.2 Å². The van der Waals surface area contributed by atoms with E-state index in [0.29, 0.717) is 5.92 Å². The number of hydrogen-bond acceptors (Lipinski definition) is 3. The molecule has 2 aromatic rings. The molecule has 2 nitrogen and oxygen atoms in total. The molecule has 2 rings (SSSR count). The van der Waals surface area contributed by atoms with E-state index in [1.807, 2.05) is 12.1 Å². The van der Waals surface area contributed by atoms with Gasteiger partial charge in [0.1, 0.15) is 0 Å². The van der Waals surface area contributed by atoms with Crippen molar-refractivity contribution >= 4 is 38.9 Å². The number of halogens is 2. The number of rotatable bonds is 8. The standard InChI is InChI=1S/C16H19BrClNOS/c1-20-9-8-19-11-12(10-13-6-7-16(18)21-13)14-4-2-3-5-15(14)17/h2-7,12,19H,8-11H2,1H3. The predicted molar refractivity (Wildman–Crippen MR) is 94.7 cm³/mol. The van der Waals surface area contributed by atoms with E-state index in [4.69, 9.17) is 16.3 Å². The van der Waals surface area contributed by atoms with E-state index >= 15 is 0 Å². The fourth-order valence-corrected chi connectivity index (χ4v) is 4.03. The summed E-state index contributed by atoms with van der Waals surface area (Å²) in [7, 11) is 1.72. The van der Waals surface area contributed by atoms with Crippen molar-refractivity contribution in [3.8, 4) is 0 Å². The van der Waals surface area contributed by atoms with Gasteiger partial charge in [0.15, 0.2) is 0 Å². The first kappa shape index (κ1) is 17.0. The minimum Gasteiger partial charge on any atom is -0.383 e. The highest BCUT2D eigenvalue weighted by molar-refractivity contribution is 9.10. The van der Waals surface area contributed by atoms with E-state index in [0.717, 1.165) is 34.9 Å². The molecule has 0 fully saturated rings. The Kier molecular flexibility index (Phi) is 7.20. The molecule has 1 aromatic carbocycles. The minimum absolute atomic E-state index is 0.409. The monoisotopic (exact) mass is 387 g/mol. The molecular formula is C16H19BrClNOS. The van der Waals surface area contributed by atoms with Crippen molar-refractivity contribution in [2.75, 3.05) is 26.8 Å². The molecule has 1 N–H and O–H groups in total. The lowest BCUT2D eigenvalue weighted by molar-refractivity contribution is 0.199. The van der Waals surface area contributed by atoms with E-state index in [1.165, 1.54) is 10.4 Å². The Bertz CT molecular complexity index is 561. The SMILES string of the molecule is COCCNCC(Cc1ccc(Cl)s1)c1ccccc1Br. The zero-order valence-corrected chi connectivity index (χ0v) is 15.1. The van der Waals surface area contributed by atoms with Gasteiger partial charge in [0.2, 0.25) is 0 Å². The molecule has 0 saturated carbocycles. The first-order valence-electron chi connectivity index (χ1n) is 6.89. The van der Waals surface area contributed by atoms with Gasteiger partial charge >= 0.3 is 0 Å². The van der Waals surface area contributed by atoms with Gasteiger partial charge in [-0.1, -0.05) is 45.7 Å². The zero-order chi connectivity index (χ0) is 15.1. The predicted octanol–water partition coefficient (Wildman–Crippen LogP) is 4.73. The number of thiophene rings is 1. The molecule has 114 valence electrons. The topological polar surface area (TPSA) is 21.3 Å². The number of benzene rings is 1. The maximum Gasteiger partial charge on any atom is 0.0931 e. The Balaban J connectivity index is 2.08. The minimum atomic E-state index is 0.409. The third-order valence-corrected chi connectivity index (χ3v) is 5.27. The zero-order valence-electron chi connectivity index (χ0n) is 11.9. The number of hydrogen-bond donors (Lipinski definition) is 1. The summed E-state index contributed by atoms with van der Waals surface area (Å²) in [6.07, 6.45) is 0.986. The molecule has 21 heavy (non-hydrogen) atoms. The van der Waals surface area contributed by atoms with Crippen LogP contribution in [-0.4, -0.2) is 26.8 Å². The second kappa shape index (κ2) is 8.91. The molecule has 0 spiro atoms. The molecule has 1 heterocycles. The smallest absolute Gasteiger partial charge is 0.0931 e. The van der Waals surface area contributed by atoms with Crippen molar-refractivity contribution < 1.29 is 4.74 Å². The molecule has 5 heteroatoms. The Labute approximate surface area is 143 Å². The summed E-state index contributed by atoms with van der Waals surface area (Å²) in [6.45, 7) is 2.51. The van der Waals surface area contributed by atoms with Gasteiger partial charge < -0.3 is 10.1 Å². The van der Waals surface area contributed by atoms with Crippen molar-refractivity contribution in [2.24, 2.45) is 0 Å². The fourth-order valence-electron chi connectivity index (χ4n) is 2.25. The largest absolute Gasteiger partial charge is 0.383 e. The van der Waals surface area contributed by atoms with Gasteiger partial charge in [0.25, 0.3) is 0 Å². The Morgan fingerprint density at radius 1 is 1.29 bits per heavy atom. The molecule has 1 unspecified atom stereocenters. The Morgan fingerprint density at radius 2 is 2.10 bits per heavy atom. The van der Waals surface area contributed by atoms with Crippen LogP contribution in [0.2, 0.25) is 4.34 Å². The van der Waals surface area contributed by atoms with Gasteiger partial charge in [-0.15, -0.1) is 11.3 Å². The maximum atomic E-state index is 6.04. The molecular weight excluding hydrogens is 370 g/mol. The van der Waals surface area contributed by atoms with Crippen LogP contribution in [0.3, 0.4) is 0 Å². The van der Waals surface area contributed by atoms with Crippen LogP contribution in [0.25, 0.3) is 0 Å². The lowest BCUT2D eigenvalue weighted by Gasteiger charge is -2.19. The van der Waals surface area contributed by atoms with Gasteiger partial charge in [-0.2, -0.15) is 0 Å². The van der Waals surface area contributed by atoms with Crippen LogP contribution in [0.5, 0.6) is 0 Å². The third kappa shape index (κ3) is 5.38. The first-order valence-corrected chi connectivity index (χ1v) is 8.87. The first-order chi connectivity index (χ1) is 10.2. The van der Waals surface area contributed by atoms with E-state index < -0.39 is 0 Å². The van der Waals surface area contributed by atoms with E-state index in [9.17, 15) is 0 Å². The Hall–Kier alpha value is -0.390. The van der Waals surface area contributed by atoms with Crippen LogP contribution in [0, 0.1) is 0 Å². The molecule has 0 bridgehead atoms. The van der Waals surface area contributed by atoms with Gasteiger partial charge in [-0.25, -0.2) is 0 Å². The molecule has 1 atom stereocenters. The summed E-state index contributed by atoms with van der Waals surface area (Å²) in [5.74, 6) is 0.409. The van der Waals surface area contributed by atoms with Crippen molar-refractivity contribution in [3.63, 3.8) is 0 Å². The van der Waals surface area contributed by atoms with E-state index in [1.54, 1.807) is 18.4 Å². The van der Waals surface area contributed by atoms with Crippen LogP contribution in [0.15, 0.2) is 40.9 Å². The summed E-state index contributed by atoms with van der Waals surface area (Å²) in [4.78, 5) is 1.31. The maximum absolute atomic E-state index is 6.04. The highest BCUT2D eigenvalue weighted by Gasteiger charge is 2.16. The summed E-state index contributed by atoms with van der Waals surface area (Å²) >= 11 is 11.4. The van der Waals surface area contributed by atoms with Gasteiger partial charge in [0.05, 0.1) is 10.9 Å². The van der Waals surface area contributed by atoms with Crippen molar-refractivity contribution in [1.29, 1.82) is 0 Å². The molecule has 0 aliphatic rings. The molecule has 1 aromatic heterocycles. The lowest BCUT2D eigenvalue weighted by atomic mass is 9.95. The third-order valence-electron chi connectivity index (χ3n) is 3.30. The second-order valence-electron chi connectivity index (χ2n) is 4.83. The van der Waals surface area contributed by atoms with Gasteiger partial charge in [-0.3, -0.25) is 0 Å². The summed E-state index contributed by atoms with van der Waals surface area (Å²) in [5, 5.41) is 3.46. The second-order valence-corrected chi connectivity index (χ2v) is 7.48. The van der Waals surface area contributed by atoms with Crippen molar-refractivity contribution in [3.05, 3.63) is 55.6 Å². The van der Waals surface area contributed by atoms with E-state index in [2.05, 4.69) is 45.5 Å². The summed E-state index contributed by atoms with van der Waals surface area (Å²) in [6, 6.07) is 12.5. The number of methoxy groups -OCH3 is 1. The quantitative estimate of drug-likeness (QED) is 0.660. The van der Waals surface area contributed by atoms with Crippen LogP contribution in [0.1, 0.15) is 16.4 Å². The molecule has 0 radical (unpaired) electrons. The number of ether oxygens (including phenoxy) is 1. The van der Waals surface area contributed by atoms with Crippen LogP contribution < -0.4 is 5.32 Å². The molecule has 0 amide bonds. The molecule has 0 saturated heterocycles. The van der Waals surface area contributed by atoms with Crippen LogP contribution >= 0.6 is 38.9 Å². The van der Waals surface area contributed by atoms with Crippen LogP contribution in [0.4, 0.5) is 0 Å². The average molecular weight is 389 g/mol. The number of nitrogens with one attached hydrogen (secondary N) is 1. The van der Waals surface area contributed by atoms with Crippen LogP contribution in [-0.2, 0) is 11.2 Å². The highest BCUT2D eigenvalue weighted by Crippen LogP contribution is 2.31. The van der Waals surface area contributed by atoms with E-state index in [-0.39, 0.29) is 0 Å². The Morgan fingerprint density at radius 3 is 2.76 bits per heavy atom. The average Bonchev–Trinajstić information content (AvgIpc) is 2.88. The fraction of sp³-hybridized carbons (Fsp3) is 0.375. The van der Waals surface area contributed by atoms with Crippen molar-refractivity contribution in [2.45, 2.75) is 12.3 Å².